The van der Waals surface area contributed by atoms with E-state index in [0.29, 0.717) is 16.5 Å². The minimum absolute atomic E-state index is 0.356. The molecule has 0 saturated heterocycles. The largest absolute Gasteiger partial charge is 0.465 e. The Morgan fingerprint density at radius 3 is 2.76 bits per heavy atom. The van der Waals surface area contributed by atoms with Crippen LogP contribution in [0, 0.1) is 17.8 Å². The van der Waals surface area contributed by atoms with Crippen LogP contribution in [-0.2, 0) is 4.74 Å². The van der Waals surface area contributed by atoms with Gasteiger partial charge in [-0.1, -0.05) is 37.3 Å². The van der Waals surface area contributed by atoms with Gasteiger partial charge in [0.1, 0.15) is 0 Å². The quantitative estimate of drug-likeness (QED) is 0.593. The molecule has 2 nitrogen and oxygen atoms in total. The summed E-state index contributed by atoms with van der Waals surface area (Å²) in [6, 6.07) is 5.09. The Morgan fingerprint density at radius 2 is 2.24 bits per heavy atom. The fourth-order valence-electron chi connectivity index (χ4n) is 1.18. The molecule has 0 fully saturated rings. The highest BCUT2D eigenvalue weighted by Crippen LogP contribution is 2.18. The summed E-state index contributed by atoms with van der Waals surface area (Å²) in [4.78, 5) is 11.3. The molecule has 0 bridgehead atoms. The molecule has 0 aromatic heterocycles. The molecular weight excluding hydrogens is 236 g/mol. The lowest BCUT2D eigenvalue weighted by atomic mass is 10.1. The summed E-state index contributed by atoms with van der Waals surface area (Å²) in [5.41, 5.74) is 1.17. The van der Waals surface area contributed by atoms with Gasteiger partial charge in [0.2, 0.25) is 0 Å². The van der Waals surface area contributed by atoms with Crippen LogP contribution in [0.1, 0.15) is 36.2 Å². The molecular formula is C14H15ClO2. The van der Waals surface area contributed by atoms with E-state index in [4.69, 9.17) is 11.6 Å². The third kappa shape index (κ3) is 3.80. The zero-order valence-electron chi connectivity index (χ0n) is 10.2. The Bertz CT molecular complexity index is 469. The fraction of sp³-hybridized carbons (Fsp3) is 0.357. The Balaban J connectivity index is 2.96. The maximum atomic E-state index is 11.3. The van der Waals surface area contributed by atoms with Crippen LogP contribution in [0.2, 0.25) is 5.02 Å². The van der Waals surface area contributed by atoms with Crippen molar-refractivity contribution in [3.8, 4) is 11.8 Å². The van der Waals surface area contributed by atoms with Crippen LogP contribution in [0.5, 0.6) is 0 Å². The molecule has 0 aliphatic heterocycles. The molecule has 0 radical (unpaired) electrons. The van der Waals surface area contributed by atoms with Crippen LogP contribution >= 0.6 is 11.6 Å². The standard InChI is InChI=1S/C14H15ClO2/c1-4-10(2)5-6-11-7-8-12(13(15)9-11)14(16)17-3/h7-10H,4H2,1-3H3/t10-/m1/s1. The van der Waals surface area contributed by atoms with Crippen LogP contribution in [-0.4, -0.2) is 13.1 Å². The van der Waals surface area contributed by atoms with Crippen molar-refractivity contribution >= 4 is 17.6 Å². The molecule has 0 heterocycles. The molecule has 0 aliphatic carbocycles. The summed E-state index contributed by atoms with van der Waals surface area (Å²) in [5, 5.41) is 0.368. The van der Waals surface area contributed by atoms with Crippen molar-refractivity contribution in [1.82, 2.24) is 0 Å². The minimum Gasteiger partial charge on any atom is -0.465 e. The van der Waals surface area contributed by atoms with Gasteiger partial charge in [0.15, 0.2) is 0 Å². The summed E-state index contributed by atoms with van der Waals surface area (Å²) >= 11 is 5.98. The van der Waals surface area contributed by atoms with Gasteiger partial charge in [-0.25, -0.2) is 4.79 Å². The fourth-order valence-corrected chi connectivity index (χ4v) is 1.43. The second kappa shape index (κ2) is 6.32. The zero-order valence-corrected chi connectivity index (χ0v) is 11.0. The van der Waals surface area contributed by atoms with Gasteiger partial charge in [-0.2, -0.15) is 0 Å². The lowest BCUT2D eigenvalue weighted by molar-refractivity contribution is 0.0601. The Labute approximate surface area is 107 Å². The highest BCUT2D eigenvalue weighted by atomic mass is 35.5. The first-order chi connectivity index (χ1) is 8.08. The first-order valence-corrected chi connectivity index (χ1v) is 5.85. The number of ether oxygens (including phenoxy) is 1. The van der Waals surface area contributed by atoms with E-state index in [1.165, 1.54) is 7.11 Å². The highest BCUT2D eigenvalue weighted by Gasteiger charge is 2.09. The Morgan fingerprint density at radius 1 is 1.53 bits per heavy atom. The molecule has 17 heavy (non-hydrogen) atoms. The van der Waals surface area contributed by atoms with Crippen LogP contribution in [0.15, 0.2) is 18.2 Å². The SMILES string of the molecule is CC[C@@H](C)C#Cc1ccc(C(=O)OC)c(Cl)c1. The topological polar surface area (TPSA) is 26.3 Å². The number of halogens is 1. The number of benzene rings is 1. The van der Waals surface area contributed by atoms with Crippen molar-refractivity contribution in [2.75, 3.05) is 7.11 Å². The smallest absolute Gasteiger partial charge is 0.339 e. The van der Waals surface area contributed by atoms with Crippen molar-refractivity contribution in [2.45, 2.75) is 20.3 Å². The van der Waals surface area contributed by atoms with Crippen molar-refractivity contribution in [1.29, 1.82) is 0 Å². The normalized spacial score (nSPS) is 11.3. The molecule has 90 valence electrons. The molecule has 3 heteroatoms. The Hall–Kier alpha value is -1.46. The second-order valence-corrected chi connectivity index (χ2v) is 4.17. The van der Waals surface area contributed by atoms with Gasteiger partial charge in [0.05, 0.1) is 17.7 Å². The predicted molar refractivity (Wildman–Crippen MR) is 69.1 cm³/mol. The van der Waals surface area contributed by atoms with E-state index in [0.717, 1.165) is 12.0 Å². The van der Waals surface area contributed by atoms with E-state index in [1.54, 1.807) is 18.2 Å². The number of methoxy groups -OCH3 is 1. The molecule has 0 amide bonds. The van der Waals surface area contributed by atoms with E-state index >= 15 is 0 Å². The minimum atomic E-state index is -0.434. The molecule has 1 atom stereocenters. The summed E-state index contributed by atoms with van der Waals surface area (Å²) < 4.78 is 4.61. The van der Waals surface area contributed by atoms with Crippen LogP contribution in [0.25, 0.3) is 0 Å². The average molecular weight is 251 g/mol. The zero-order chi connectivity index (χ0) is 12.8. The van der Waals surface area contributed by atoms with Crippen LogP contribution in [0.4, 0.5) is 0 Å². The van der Waals surface area contributed by atoms with E-state index < -0.39 is 5.97 Å². The maximum absolute atomic E-state index is 11.3. The number of carbonyl (C=O) groups is 1. The van der Waals surface area contributed by atoms with Gasteiger partial charge in [0, 0.05) is 11.5 Å². The van der Waals surface area contributed by atoms with Crippen molar-refractivity contribution in [3.63, 3.8) is 0 Å². The second-order valence-electron chi connectivity index (χ2n) is 3.76. The molecule has 1 aromatic rings. The molecule has 0 N–H and O–H groups in total. The average Bonchev–Trinajstić information content (AvgIpc) is 2.35. The van der Waals surface area contributed by atoms with E-state index in [2.05, 4.69) is 30.4 Å². The molecule has 1 rings (SSSR count). The molecule has 0 spiro atoms. The van der Waals surface area contributed by atoms with E-state index in [9.17, 15) is 4.79 Å². The van der Waals surface area contributed by atoms with Gasteiger partial charge in [-0.05, 0) is 24.6 Å². The van der Waals surface area contributed by atoms with Crippen LogP contribution in [0.3, 0.4) is 0 Å². The molecule has 0 aliphatic rings. The van der Waals surface area contributed by atoms with Crippen molar-refractivity contribution < 1.29 is 9.53 Å². The highest BCUT2D eigenvalue weighted by molar-refractivity contribution is 6.33. The lowest BCUT2D eigenvalue weighted by Crippen LogP contribution is -2.01. The van der Waals surface area contributed by atoms with E-state index in [-0.39, 0.29) is 0 Å². The van der Waals surface area contributed by atoms with Crippen LogP contribution < -0.4 is 0 Å². The monoisotopic (exact) mass is 250 g/mol. The number of esters is 1. The summed E-state index contributed by atoms with van der Waals surface area (Å²) in [5.74, 6) is 6.07. The summed E-state index contributed by atoms with van der Waals surface area (Å²) in [6.07, 6.45) is 1.01. The van der Waals surface area contributed by atoms with Gasteiger partial charge in [-0.3, -0.25) is 0 Å². The van der Waals surface area contributed by atoms with Gasteiger partial charge in [0.25, 0.3) is 0 Å². The number of carbonyl (C=O) groups excluding carboxylic acids is 1. The number of hydrogen-bond donors (Lipinski definition) is 0. The van der Waals surface area contributed by atoms with Gasteiger partial charge < -0.3 is 4.74 Å². The first-order valence-electron chi connectivity index (χ1n) is 5.47. The Kier molecular flexibility index (Phi) is 5.06. The predicted octanol–water partition coefficient (Wildman–Crippen LogP) is 3.52. The van der Waals surface area contributed by atoms with Gasteiger partial charge in [-0.15, -0.1) is 0 Å². The third-order valence-corrected chi connectivity index (χ3v) is 2.76. The summed E-state index contributed by atoms with van der Waals surface area (Å²) in [6.45, 7) is 4.16. The van der Waals surface area contributed by atoms with E-state index in [1.807, 2.05) is 0 Å². The van der Waals surface area contributed by atoms with Crippen molar-refractivity contribution in [3.05, 3.63) is 34.3 Å². The first kappa shape index (κ1) is 13.6. The molecule has 0 saturated carbocycles. The summed E-state index contributed by atoms with van der Waals surface area (Å²) in [7, 11) is 1.33. The number of hydrogen-bond acceptors (Lipinski definition) is 2. The van der Waals surface area contributed by atoms with Gasteiger partial charge >= 0.3 is 5.97 Å². The lowest BCUT2D eigenvalue weighted by Gasteiger charge is -2.02. The molecule has 1 aromatic carbocycles. The number of rotatable bonds is 2. The van der Waals surface area contributed by atoms with Crippen molar-refractivity contribution in [2.24, 2.45) is 5.92 Å². The molecule has 0 unspecified atom stereocenters. The third-order valence-electron chi connectivity index (χ3n) is 2.45. The maximum Gasteiger partial charge on any atom is 0.339 e.